The van der Waals surface area contributed by atoms with E-state index in [9.17, 15) is 9.50 Å². The molecule has 1 aliphatic heterocycles. The third-order valence-electron chi connectivity index (χ3n) is 4.26. The Morgan fingerprint density at radius 3 is 2.22 bits per heavy atom. The first-order valence-electron chi connectivity index (χ1n) is 7.78. The lowest BCUT2D eigenvalue weighted by molar-refractivity contribution is 0.199. The molecule has 1 N–H and O–H groups in total. The minimum Gasteiger partial charge on any atom is -0.389 e. The van der Waals surface area contributed by atoms with Crippen molar-refractivity contribution in [1.29, 1.82) is 0 Å². The summed E-state index contributed by atoms with van der Waals surface area (Å²) < 4.78 is 14.1. The molecular weight excluding hydrogens is 315 g/mol. The second-order valence-corrected chi connectivity index (χ2v) is 6.24. The monoisotopic (exact) mass is 334 g/mol. The average Bonchev–Trinajstić information content (AvgIpc) is 2.55. The van der Waals surface area contributed by atoms with E-state index in [0.717, 1.165) is 37.4 Å². The molecule has 3 nitrogen and oxygen atoms in total. The number of benzene rings is 2. The van der Waals surface area contributed by atoms with Crippen molar-refractivity contribution in [2.45, 2.75) is 13.0 Å². The molecule has 122 valence electrons. The number of aliphatic hydroxyl groups is 1. The van der Waals surface area contributed by atoms with Crippen LogP contribution in [0.5, 0.6) is 0 Å². The number of aliphatic hydroxyl groups excluding tert-OH is 1. The molecule has 23 heavy (non-hydrogen) atoms. The van der Waals surface area contributed by atoms with Gasteiger partial charge in [0.05, 0.1) is 11.8 Å². The first kappa shape index (κ1) is 16.1. The van der Waals surface area contributed by atoms with Crippen LogP contribution in [0, 0.1) is 5.82 Å². The quantitative estimate of drug-likeness (QED) is 0.923. The zero-order valence-electron chi connectivity index (χ0n) is 13.0. The summed E-state index contributed by atoms with van der Waals surface area (Å²) >= 11 is 5.82. The van der Waals surface area contributed by atoms with Crippen LogP contribution in [0.3, 0.4) is 0 Å². The maximum absolute atomic E-state index is 14.1. The van der Waals surface area contributed by atoms with Crippen LogP contribution in [-0.2, 0) is 0 Å². The van der Waals surface area contributed by atoms with Crippen molar-refractivity contribution in [3.63, 3.8) is 0 Å². The standard InChI is InChI=1S/C18H20ClFN2O/c1-13(23)15-4-2-3-5-17(15)21-8-10-22(11-9-21)18-7-6-14(19)12-16(18)20/h2-7,12-13,23H,8-11H2,1H3. The van der Waals surface area contributed by atoms with Gasteiger partial charge < -0.3 is 14.9 Å². The van der Waals surface area contributed by atoms with E-state index in [1.807, 2.05) is 29.2 Å². The molecule has 3 rings (SSSR count). The van der Waals surface area contributed by atoms with E-state index >= 15 is 0 Å². The summed E-state index contributed by atoms with van der Waals surface area (Å²) in [5, 5.41) is 10.3. The number of nitrogens with zero attached hydrogens (tertiary/aromatic N) is 2. The summed E-state index contributed by atoms with van der Waals surface area (Å²) in [5.41, 5.74) is 2.58. The molecule has 2 aromatic rings. The maximum atomic E-state index is 14.1. The molecule has 0 aromatic heterocycles. The van der Waals surface area contributed by atoms with Gasteiger partial charge >= 0.3 is 0 Å². The Morgan fingerprint density at radius 2 is 1.61 bits per heavy atom. The van der Waals surface area contributed by atoms with E-state index in [1.54, 1.807) is 19.1 Å². The van der Waals surface area contributed by atoms with Crippen LogP contribution in [0.4, 0.5) is 15.8 Å². The second-order valence-electron chi connectivity index (χ2n) is 5.80. The van der Waals surface area contributed by atoms with Crippen LogP contribution < -0.4 is 9.80 Å². The third kappa shape index (κ3) is 3.43. The molecule has 1 aliphatic rings. The predicted molar refractivity (Wildman–Crippen MR) is 92.9 cm³/mol. The highest BCUT2D eigenvalue weighted by atomic mass is 35.5. The smallest absolute Gasteiger partial charge is 0.147 e. The molecule has 1 atom stereocenters. The van der Waals surface area contributed by atoms with Crippen LogP contribution >= 0.6 is 11.6 Å². The number of para-hydroxylation sites is 1. The van der Waals surface area contributed by atoms with E-state index < -0.39 is 6.10 Å². The van der Waals surface area contributed by atoms with Gasteiger partial charge in [-0.05, 0) is 31.2 Å². The molecule has 0 spiro atoms. The van der Waals surface area contributed by atoms with Gasteiger partial charge in [-0.1, -0.05) is 29.8 Å². The summed E-state index contributed by atoms with van der Waals surface area (Å²) in [6.45, 7) is 4.80. The number of rotatable bonds is 3. The maximum Gasteiger partial charge on any atom is 0.147 e. The van der Waals surface area contributed by atoms with Crippen molar-refractivity contribution in [2.75, 3.05) is 36.0 Å². The van der Waals surface area contributed by atoms with Crippen LogP contribution in [0.15, 0.2) is 42.5 Å². The number of anilines is 2. The first-order valence-corrected chi connectivity index (χ1v) is 8.16. The minimum atomic E-state index is -0.502. The Hall–Kier alpha value is -1.78. The van der Waals surface area contributed by atoms with Gasteiger partial charge in [0.15, 0.2) is 0 Å². The van der Waals surface area contributed by atoms with Crippen LogP contribution in [0.25, 0.3) is 0 Å². The molecule has 1 heterocycles. The minimum absolute atomic E-state index is 0.282. The lowest BCUT2D eigenvalue weighted by Gasteiger charge is -2.38. The van der Waals surface area contributed by atoms with Gasteiger partial charge in [0.25, 0.3) is 0 Å². The Balaban J connectivity index is 1.74. The van der Waals surface area contributed by atoms with Gasteiger partial charge in [-0.15, -0.1) is 0 Å². The fourth-order valence-corrected chi connectivity index (χ4v) is 3.21. The van der Waals surface area contributed by atoms with Crippen molar-refractivity contribution in [2.24, 2.45) is 0 Å². The summed E-state index contributed by atoms with van der Waals surface area (Å²) in [6.07, 6.45) is -0.502. The highest BCUT2D eigenvalue weighted by Gasteiger charge is 2.22. The topological polar surface area (TPSA) is 26.7 Å². The second kappa shape index (κ2) is 6.77. The molecule has 5 heteroatoms. The molecule has 0 radical (unpaired) electrons. The van der Waals surface area contributed by atoms with Crippen LogP contribution in [0.1, 0.15) is 18.6 Å². The van der Waals surface area contributed by atoms with Crippen molar-refractivity contribution < 1.29 is 9.50 Å². The molecule has 2 aromatic carbocycles. The van der Waals surface area contributed by atoms with E-state index in [0.29, 0.717) is 10.7 Å². The van der Waals surface area contributed by atoms with E-state index in [1.165, 1.54) is 6.07 Å². The number of piperazine rings is 1. The summed E-state index contributed by atoms with van der Waals surface area (Å²) in [7, 11) is 0. The van der Waals surface area contributed by atoms with Gasteiger partial charge in [-0.2, -0.15) is 0 Å². The third-order valence-corrected chi connectivity index (χ3v) is 4.49. The van der Waals surface area contributed by atoms with Crippen LogP contribution in [-0.4, -0.2) is 31.3 Å². The van der Waals surface area contributed by atoms with E-state index in [-0.39, 0.29) is 5.82 Å². The summed E-state index contributed by atoms with van der Waals surface area (Å²) in [5.74, 6) is -0.282. The molecular formula is C18H20ClFN2O. The van der Waals surface area contributed by atoms with Crippen molar-refractivity contribution >= 4 is 23.0 Å². The predicted octanol–water partition coefficient (Wildman–Crippen LogP) is 3.86. The van der Waals surface area contributed by atoms with Gasteiger partial charge in [-0.3, -0.25) is 0 Å². The average molecular weight is 335 g/mol. The molecule has 0 amide bonds. The first-order chi connectivity index (χ1) is 11.1. The molecule has 0 saturated carbocycles. The molecule has 1 unspecified atom stereocenters. The van der Waals surface area contributed by atoms with Gasteiger partial charge in [-0.25, -0.2) is 4.39 Å². The number of hydrogen-bond donors (Lipinski definition) is 1. The Bertz CT molecular complexity index is 684. The normalized spacial score (nSPS) is 16.5. The lowest BCUT2D eigenvalue weighted by atomic mass is 10.1. The zero-order valence-corrected chi connectivity index (χ0v) is 13.8. The highest BCUT2D eigenvalue weighted by molar-refractivity contribution is 6.30. The van der Waals surface area contributed by atoms with E-state index in [4.69, 9.17) is 11.6 Å². The van der Waals surface area contributed by atoms with Gasteiger partial charge in [0.1, 0.15) is 5.82 Å². The van der Waals surface area contributed by atoms with Crippen molar-refractivity contribution in [1.82, 2.24) is 0 Å². The lowest BCUT2D eigenvalue weighted by Crippen LogP contribution is -2.47. The molecule has 1 fully saturated rings. The van der Waals surface area contributed by atoms with Gasteiger partial charge in [0, 0.05) is 42.5 Å². The van der Waals surface area contributed by atoms with Crippen LogP contribution in [0.2, 0.25) is 5.02 Å². The SMILES string of the molecule is CC(O)c1ccccc1N1CCN(c2ccc(Cl)cc2F)CC1. The zero-order chi connectivity index (χ0) is 16.4. The highest BCUT2D eigenvalue weighted by Crippen LogP contribution is 2.29. The van der Waals surface area contributed by atoms with Gasteiger partial charge in [0.2, 0.25) is 0 Å². The summed E-state index contributed by atoms with van der Waals surface area (Å²) in [4.78, 5) is 4.28. The van der Waals surface area contributed by atoms with E-state index in [2.05, 4.69) is 4.90 Å². The molecule has 0 bridgehead atoms. The molecule has 1 saturated heterocycles. The largest absolute Gasteiger partial charge is 0.389 e. The number of hydrogen-bond acceptors (Lipinski definition) is 3. The number of halogens is 2. The Morgan fingerprint density at radius 1 is 1.00 bits per heavy atom. The fourth-order valence-electron chi connectivity index (χ4n) is 3.05. The fraction of sp³-hybridized carbons (Fsp3) is 0.333. The summed E-state index contributed by atoms with van der Waals surface area (Å²) in [6, 6.07) is 12.7. The van der Waals surface area contributed by atoms with Crippen molar-refractivity contribution in [3.05, 3.63) is 58.9 Å². The molecule has 0 aliphatic carbocycles. The Labute approximate surface area is 140 Å². The Kier molecular flexibility index (Phi) is 4.74. The van der Waals surface area contributed by atoms with Crippen molar-refractivity contribution in [3.8, 4) is 0 Å².